The van der Waals surface area contributed by atoms with Crippen molar-refractivity contribution in [1.29, 1.82) is 0 Å². The van der Waals surface area contributed by atoms with Crippen molar-refractivity contribution in [2.45, 2.75) is 39.3 Å². The number of carbonyl (C=O) groups excluding carboxylic acids is 1. The standard InChI is InChI=1S/C10H18N4O/c1-7-8(13-6-12-7)5-14-10(2,3)4-9(11)15/h6,14H,4-5H2,1-3H3,(H2,11,15)(H,12,13). The first-order chi connectivity index (χ1) is 6.91. The molecular weight excluding hydrogens is 192 g/mol. The Hall–Kier alpha value is -1.36. The minimum atomic E-state index is -0.300. The second-order valence-corrected chi connectivity index (χ2v) is 4.35. The van der Waals surface area contributed by atoms with E-state index in [1.807, 2.05) is 20.8 Å². The summed E-state index contributed by atoms with van der Waals surface area (Å²) in [5.41, 5.74) is 6.87. The molecular formula is C10H18N4O. The van der Waals surface area contributed by atoms with E-state index in [1.54, 1.807) is 6.33 Å². The lowest BCUT2D eigenvalue weighted by Gasteiger charge is -2.24. The highest BCUT2D eigenvalue weighted by molar-refractivity contribution is 5.74. The number of carbonyl (C=O) groups is 1. The third-order valence-electron chi connectivity index (χ3n) is 2.28. The molecule has 5 heteroatoms. The molecule has 0 aliphatic carbocycles. The van der Waals surface area contributed by atoms with Crippen LogP contribution in [0.25, 0.3) is 0 Å². The summed E-state index contributed by atoms with van der Waals surface area (Å²) in [6.45, 7) is 6.49. The fourth-order valence-electron chi connectivity index (χ4n) is 1.39. The maximum Gasteiger partial charge on any atom is 0.219 e. The van der Waals surface area contributed by atoms with Crippen molar-refractivity contribution in [3.05, 3.63) is 17.7 Å². The van der Waals surface area contributed by atoms with Gasteiger partial charge in [-0.3, -0.25) is 4.79 Å². The van der Waals surface area contributed by atoms with Crippen LogP contribution < -0.4 is 11.1 Å². The monoisotopic (exact) mass is 210 g/mol. The first kappa shape index (κ1) is 11.7. The number of aromatic nitrogens is 2. The molecule has 1 aromatic rings. The van der Waals surface area contributed by atoms with E-state index in [1.165, 1.54) is 0 Å². The number of nitrogens with zero attached hydrogens (tertiary/aromatic N) is 1. The molecule has 1 rings (SSSR count). The zero-order valence-electron chi connectivity index (χ0n) is 9.42. The Kier molecular flexibility index (Phi) is 3.47. The summed E-state index contributed by atoms with van der Waals surface area (Å²) in [5.74, 6) is -0.300. The molecule has 0 aromatic carbocycles. The molecule has 4 N–H and O–H groups in total. The smallest absolute Gasteiger partial charge is 0.219 e. The number of amides is 1. The molecule has 1 amide bonds. The largest absolute Gasteiger partial charge is 0.370 e. The Morgan fingerprint density at radius 2 is 2.33 bits per heavy atom. The SMILES string of the molecule is Cc1[nH]cnc1CNC(C)(C)CC(N)=O. The molecule has 1 aromatic heterocycles. The molecule has 5 nitrogen and oxygen atoms in total. The van der Waals surface area contributed by atoms with Crippen molar-refractivity contribution in [2.24, 2.45) is 5.73 Å². The number of hydrogen-bond donors (Lipinski definition) is 3. The van der Waals surface area contributed by atoms with Gasteiger partial charge in [0.05, 0.1) is 12.0 Å². The highest BCUT2D eigenvalue weighted by atomic mass is 16.1. The van der Waals surface area contributed by atoms with Gasteiger partial charge in [-0.15, -0.1) is 0 Å². The van der Waals surface area contributed by atoms with E-state index in [4.69, 9.17) is 5.73 Å². The van der Waals surface area contributed by atoms with Gasteiger partial charge in [0.1, 0.15) is 0 Å². The quantitative estimate of drug-likeness (QED) is 0.660. The maximum atomic E-state index is 10.8. The van der Waals surface area contributed by atoms with E-state index < -0.39 is 0 Å². The van der Waals surface area contributed by atoms with Crippen molar-refractivity contribution >= 4 is 5.91 Å². The van der Waals surface area contributed by atoms with Gasteiger partial charge < -0.3 is 16.0 Å². The van der Waals surface area contributed by atoms with E-state index in [0.29, 0.717) is 13.0 Å². The Balaban J connectivity index is 2.49. The lowest BCUT2D eigenvalue weighted by Crippen LogP contribution is -2.42. The normalized spacial score (nSPS) is 11.7. The Morgan fingerprint density at radius 3 is 2.80 bits per heavy atom. The van der Waals surface area contributed by atoms with E-state index in [0.717, 1.165) is 11.4 Å². The molecule has 0 aliphatic rings. The first-order valence-electron chi connectivity index (χ1n) is 4.93. The molecule has 1 heterocycles. The summed E-state index contributed by atoms with van der Waals surface area (Å²) in [7, 11) is 0. The summed E-state index contributed by atoms with van der Waals surface area (Å²) in [6, 6.07) is 0. The lowest BCUT2D eigenvalue weighted by atomic mass is 10.0. The second kappa shape index (κ2) is 4.44. The van der Waals surface area contributed by atoms with Crippen LogP contribution in [-0.4, -0.2) is 21.4 Å². The van der Waals surface area contributed by atoms with Crippen LogP contribution in [0.1, 0.15) is 31.7 Å². The Bertz CT molecular complexity index is 343. The third kappa shape index (κ3) is 3.71. The van der Waals surface area contributed by atoms with Crippen LogP contribution in [0.4, 0.5) is 0 Å². The number of rotatable bonds is 5. The molecule has 0 atom stereocenters. The summed E-state index contributed by atoms with van der Waals surface area (Å²) >= 11 is 0. The summed E-state index contributed by atoms with van der Waals surface area (Å²) in [5, 5.41) is 3.25. The summed E-state index contributed by atoms with van der Waals surface area (Å²) in [4.78, 5) is 18.0. The van der Waals surface area contributed by atoms with Crippen LogP contribution in [0, 0.1) is 6.92 Å². The van der Waals surface area contributed by atoms with Gasteiger partial charge in [-0.05, 0) is 20.8 Å². The molecule has 84 valence electrons. The molecule has 0 bridgehead atoms. The minimum Gasteiger partial charge on any atom is -0.370 e. The van der Waals surface area contributed by atoms with Gasteiger partial charge >= 0.3 is 0 Å². The first-order valence-corrected chi connectivity index (χ1v) is 4.93. The molecule has 0 saturated carbocycles. The average Bonchev–Trinajstić information content (AvgIpc) is 2.45. The number of imidazole rings is 1. The van der Waals surface area contributed by atoms with Crippen molar-refractivity contribution in [3.8, 4) is 0 Å². The van der Waals surface area contributed by atoms with Gasteiger partial charge in [0.25, 0.3) is 0 Å². The van der Waals surface area contributed by atoms with Crippen LogP contribution in [-0.2, 0) is 11.3 Å². The van der Waals surface area contributed by atoms with Crippen LogP contribution in [0.3, 0.4) is 0 Å². The zero-order chi connectivity index (χ0) is 11.5. The summed E-state index contributed by atoms with van der Waals surface area (Å²) < 4.78 is 0. The van der Waals surface area contributed by atoms with Gasteiger partial charge in [0.15, 0.2) is 0 Å². The predicted octanol–water partition coefficient (Wildman–Crippen LogP) is 0.462. The highest BCUT2D eigenvalue weighted by Gasteiger charge is 2.20. The second-order valence-electron chi connectivity index (χ2n) is 4.35. The fraction of sp³-hybridized carbons (Fsp3) is 0.600. The topological polar surface area (TPSA) is 83.8 Å². The average molecular weight is 210 g/mol. The minimum absolute atomic E-state index is 0.294. The number of nitrogens with two attached hydrogens (primary N) is 1. The number of primary amides is 1. The molecule has 0 radical (unpaired) electrons. The van der Waals surface area contributed by atoms with Crippen molar-refractivity contribution in [3.63, 3.8) is 0 Å². The lowest BCUT2D eigenvalue weighted by molar-refractivity contribution is -0.119. The van der Waals surface area contributed by atoms with Gasteiger partial charge in [0.2, 0.25) is 5.91 Å². The maximum absolute atomic E-state index is 10.8. The number of nitrogens with one attached hydrogen (secondary N) is 2. The predicted molar refractivity (Wildman–Crippen MR) is 58.1 cm³/mol. The number of H-pyrrole nitrogens is 1. The number of hydrogen-bond acceptors (Lipinski definition) is 3. The van der Waals surface area contributed by atoms with E-state index in [2.05, 4.69) is 15.3 Å². The summed E-state index contributed by atoms with van der Waals surface area (Å²) in [6.07, 6.45) is 1.98. The van der Waals surface area contributed by atoms with E-state index >= 15 is 0 Å². The Labute approximate surface area is 89.5 Å². The number of aromatic amines is 1. The van der Waals surface area contributed by atoms with Gasteiger partial charge in [0, 0.05) is 24.2 Å². The zero-order valence-corrected chi connectivity index (χ0v) is 9.42. The van der Waals surface area contributed by atoms with Crippen molar-refractivity contribution in [2.75, 3.05) is 0 Å². The van der Waals surface area contributed by atoms with Crippen LogP contribution in [0.2, 0.25) is 0 Å². The van der Waals surface area contributed by atoms with Crippen LogP contribution in [0.5, 0.6) is 0 Å². The molecule has 15 heavy (non-hydrogen) atoms. The van der Waals surface area contributed by atoms with Gasteiger partial charge in [-0.25, -0.2) is 4.98 Å². The van der Waals surface area contributed by atoms with Crippen molar-refractivity contribution < 1.29 is 4.79 Å². The van der Waals surface area contributed by atoms with Gasteiger partial charge in [-0.2, -0.15) is 0 Å². The molecule has 0 unspecified atom stereocenters. The molecule has 0 spiro atoms. The highest BCUT2D eigenvalue weighted by Crippen LogP contribution is 2.09. The van der Waals surface area contributed by atoms with Gasteiger partial charge in [-0.1, -0.05) is 0 Å². The third-order valence-corrected chi connectivity index (χ3v) is 2.28. The van der Waals surface area contributed by atoms with Crippen molar-refractivity contribution in [1.82, 2.24) is 15.3 Å². The number of aryl methyl sites for hydroxylation is 1. The van der Waals surface area contributed by atoms with Crippen LogP contribution >= 0.6 is 0 Å². The van der Waals surface area contributed by atoms with E-state index in [-0.39, 0.29) is 11.4 Å². The van der Waals surface area contributed by atoms with E-state index in [9.17, 15) is 4.79 Å². The fourth-order valence-corrected chi connectivity index (χ4v) is 1.39. The molecule has 0 aliphatic heterocycles. The molecule has 0 saturated heterocycles. The Morgan fingerprint density at radius 1 is 1.67 bits per heavy atom. The molecule has 0 fully saturated rings. The van der Waals surface area contributed by atoms with Crippen LogP contribution in [0.15, 0.2) is 6.33 Å².